The van der Waals surface area contributed by atoms with E-state index in [1.807, 2.05) is 37.3 Å². The third-order valence-electron chi connectivity index (χ3n) is 2.59. The van der Waals surface area contributed by atoms with Crippen molar-refractivity contribution in [3.8, 4) is 17.2 Å². The molecule has 0 fully saturated rings. The first kappa shape index (κ1) is 11.2. The standard InChI is InChI=1S/C14H11FN2/c1-9-3-2-4-10(5-9)12-6-11(8-16)13(15)7-14(12)17/h2-7H,17H2,1H3. The summed E-state index contributed by atoms with van der Waals surface area (Å²) in [5.74, 6) is -0.582. The number of nitrogens with two attached hydrogens (primary N) is 1. The number of nitrogen functional groups attached to an aromatic ring is 1. The molecular weight excluding hydrogens is 215 g/mol. The van der Waals surface area contributed by atoms with Crippen molar-refractivity contribution < 1.29 is 4.39 Å². The molecule has 0 amide bonds. The van der Waals surface area contributed by atoms with Crippen molar-refractivity contribution in [1.29, 1.82) is 5.26 Å². The van der Waals surface area contributed by atoms with Gasteiger partial charge in [0.15, 0.2) is 0 Å². The maximum atomic E-state index is 13.3. The van der Waals surface area contributed by atoms with Crippen molar-refractivity contribution in [3.63, 3.8) is 0 Å². The highest BCUT2D eigenvalue weighted by Gasteiger charge is 2.09. The zero-order valence-corrected chi connectivity index (χ0v) is 9.37. The molecule has 0 heterocycles. The van der Waals surface area contributed by atoms with Gasteiger partial charge in [0.05, 0.1) is 5.56 Å². The molecule has 0 atom stereocenters. The van der Waals surface area contributed by atoms with Crippen molar-refractivity contribution in [1.82, 2.24) is 0 Å². The molecule has 0 saturated carbocycles. The van der Waals surface area contributed by atoms with Crippen LogP contribution in [-0.4, -0.2) is 0 Å². The molecule has 84 valence electrons. The number of aryl methyl sites for hydroxylation is 1. The van der Waals surface area contributed by atoms with E-state index in [0.29, 0.717) is 11.3 Å². The molecule has 3 heteroatoms. The van der Waals surface area contributed by atoms with E-state index in [4.69, 9.17) is 11.0 Å². The number of hydrogen-bond donors (Lipinski definition) is 1. The quantitative estimate of drug-likeness (QED) is 0.759. The lowest BCUT2D eigenvalue weighted by molar-refractivity contribution is 0.625. The van der Waals surface area contributed by atoms with Gasteiger partial charge in [-0.1, -0.05) is 29.8 Å². The molecule has 0 unspecified atom stereocenters. The van der Waals surface area contributed by atoms with E-state index in [-0.39, 0.29) is 5.56 Å². The second-order valence-corrected chi connectivity index (χ2v) is 3.90. The number of hydrogen-bond acceptors (Lipinski definition) is 2. The molecular formula is C14H11FN2. The van der Waals surface area contributed by atoms with Crippen LogP contribution in [0.25, 0.3) is 11.1 Å². The van der Waals surface area contributed by atoms with E-state index >= 15 is 0 Å². The average Bonchev–Trinajstić information content (AvgIpc) is 2.29. The van der Waals surface area contributed by atoms with E-state index in [0.717, 1.165) is 11.1 Å². The Bertz CT molecular complexity index is 612. The topological polar surface area (TPSA) is 49.8 Å². The van der Waals surface area contributed by atoms with Gasteiger partial charge in [0, 0.05) is 11.3 Å². The van der Waals surface area contributed by atoms with Crippen LogP contribution in [0.15, 0.2) is 36.4 Å². The lowest BCUT2D eigenvalue weighted by Gasteiger charge is -2.08. The lowest BCUT2D eigenvalue weighted by Crippen LogP contribution is -1.94. The summed E-state index contributed by atoms with van der Waals surface area (Å²) in [6.07, 6.45) is 0. The largest absolute Gasteiger partial charge is 0.398 e. The van der Waals surface area contributed by atoms with Crippen LogP contribution < -0.4 is 5.73 Å². The van der Waals surface area contributed by atoms with Crippen molar-refractivity contribution >= 4 is 5.69 Å². The zero-order valence-electron chi connectivity index (χ0n) is 9.37. The van der Waals surface area contributed by atoms with Gasteiger partial charge in [0.25, 0.3) is 0 Å². The fraction of sp³-hybridized carbons (Fsp3) is 0.0714. The Morgan fingerprint density at radius 1 is 1.24 bits per heavy atom. The predicted octanol–water partition coefficient (Wildman–Crippen LogP) is 3.26. The summed E-state index contributed by atoms with van der Waals surface area (Å²) in [5.41, 5.74) is 8.79. The maximum Gasteiger partial charge on any atom is 0.143 e. The van der Waals surface area contributed by atoms with Gasteiger partial charge in [-0.3, -0.25) is 0 Å². The molecule has 0 saturated heterocycles. The molecule has 2 aromatic carbocycles. The average molecular weight is 226 g/mol. The van der Waals surface area contributed by atoms with E-state index in [1.165, 1.54) is 12.1 Å². The number of benzene rings is 2. The first-order chi connectivity index (χ1) is 8.11. The highest BCUT2D eigenvalue weighted by Crippen LogP contribution is 2.28. The van der Waals surface area contributed by atoms with Crippen molar-refractivity contribution in [3.05, 3.63) is 53.3 Å². The van der Waals surface area contributed by atoms with E-state index < -0.39 is 5.82 Å². The van der Waals surface area contributed by atoms with E-state index in [2.05, 4.69) is 0 Å². The Morgan fingerprint density at radius 3 is 2.65 bits per heavy atom. The normalized spacial score (nSPS) is 9.94. The molecule has 0 aliphatic rings. The fourth-order valence-electron chi connectivity index (χ4n) is 1.74. The fourth-order valence-corrected chi connectivity index (χ4v) is 1.74. The summed E-state index contributed by atoms with van der Waals surface area (Å²) >= 11 is 0. The number of halogens is 1. The summed E-state index contributed by atoms with van der Waals surface area (Å²) in [4.78, 5) is 0. The minimum Gasteiger partial charge on any atom is -0.398 e. The van der Waals surface area contributed by atoms with Crippen LogP contribution in [0.4, 0.5) is 10.1 Å². The number of anilines is 1. The Labute approximate surface area is 99.1 Å². The highest BCUT2D eigenvalue weighted by atomic mass is 19.1. The number of nitriles is 1. The van der Waals surface area contributed by atoms with E-state index in [9.17, 15) is 4.39 Å². The van der Waals surface area contributed by atoms with Crippen LogP contribution in [-0.2, 0) is 0 Å². The van der Waals surface area contributed by atoms with Crippen LogP contribution in [0.2, 0.25) is 0 Å². The summed E-state index contributed by atoms with van der Waals surface area (Å²) < 4.78 is 13.3. The highest BCUT2D eigenvalue weighted by molar-refractivity contribution is 5.78. The Kier molecular flexibility index (Phi) is 2.80. The third-order valence-corrected chi connectivity index (χ3v) is 2.59. The third kappa shape index (κ3) is 2.11. The van der Waals surface area contributed by atoms with Gasteiger partial charge in [-0.2, -0.15) is 5.26 Å². The molecule has 0 radical (unpaired) electrons. The SMILES string of the molecule is Cc1cccc(-c2cc(C#N)c(F)cc2N)c1. The molecule has 0 spiro atoms. The Balaban J connectivity index is 2.64. The maximum absolute atomic E-state index is 13.3. The van der Waals surface area contributed by atoms with Crippen LogP contribution in [0.5, 0.6) is 0 Å². The Morgan fingerprint density at radius 2 is 2.00 bits per heavy atom. The van der Waals surface area contributed by atoms with Crippen LogP contribution in [0.3, 0.4) is 0 Å². The summed E-state index contributed by atoms with van der Waals surface area (Å²) in [6, 6.07) is 12.2. The lowest BCUT2D eigenvalue weighted by atomic mass is 9.99. The molecule has 17 heavy (non-hydrogen) atoms. The van der Waals surface area contributed by atoms with Gasteiger partial charge in [-0.15, -0.1) is 0 Å². The second-order valence-electron chi connectivity index (χ2n) is 3.90. The molecule has 0 bridgehead atoms. The molecule has 2 nitrogen and oxygen atoms in total. The Hall–Kier alpha value is -2.34. The second kappa shape index (κ2) is 4.26. The van der Waals surface area contributed by atoms with Gasteiger partial charge < -0.3 is 5.73 Å². The molecule has 0 aromatic heterocycles. The molecule has 2 N–H and O–H groups in total. The van der Waals surface area contributed by atoms with Gasteiger partial charge in [0.1, 0.15) is 11.9 Å². The first-order valence-corrected chi connectivity index (χ1v) is 5.18. The molecule has 2 rings (SSSR count). The van der Waals surface area contributed by atoms with Crippen LogP contribution >= 0.6 is 0 Å². The van der Waals surface area contributed by atoms with Crippen LogP contribution in [0.1, 0.15) is 11.1 Å². The van der Waals surface area contributed by atoms with Crippen molar-refractivity contribution in [2.24, 2.45) is 0 Å². The molecule has 0 aliphatic heterocycles. The smallest absolute Gasteiger partial charge is 0.143 e. The van der Waals surface area contributed by atoms with Gasteiger partial charge in [-0.25, -0.2) is 4.39 Å². The van der Waals surface area contributed by atoms with Crippen molar-refractivity contribution in [2.45, 2.75) is 6.92 Å². The first-order valence-electron chi connectivity index (χ1n) is 5.18. The van der Waals surface area contributed by atoms with Crippen LogP contribution in [0, 0.1) is 24.1 Å². The van der Waals surface area contributed by atoms with E-state index in [1.54, 1.807) is 0 Å². The zero-order chi connectivity index (χ0) is 12.4. The monoisotopic (exact) mass is 226 g/mol. The molecule has 0 aliphatic carbocycles. The number of nitrogens with zero attached hydrogens (tertiary/aromatic N) is 1. The minimum atomic E-state index is -0.582. The summed E-state index contributed by atoms with van der Waals surface area (Å²) in [7, 11) is 0. The van der Waals surface area contributed by atoms with Gasteiger partial charge in [-0.05, 0) is 24.6 Å². The number of rotatable bonds is 1. The summed E-state index contributed by atoms with van der Waals surface area (Å²) in [6.45, 7) is 1.97. The van der Waals surface area contributed by atoms with Crippen molar-refractivity contribution in [2.75, 3.05) is 5.73 Å². The van der Waals surface area contributed by atoms with Gasteiger partial charge in [0.2, 0.25) is 0 Å². The predicted molar refractivity (Wildman–Crippen MR) is 65.7 cm³/mol. The van der Waals surface area contributed by atoms with Gasteiger partial charge >= 0.3 is 0 Å². The molecule has 2 aromatic rings. The minimum absolute atomic E-state index is 0.00991. The summed E-state index contributed by atoms with van der Waals surface area (Å²) in [5, 5.41) is 8.80.